The van der Waals surface area contributed by atoms with Gasteiger partial charge in [-0.25, -0.2) is 14.8 Å². The molecule has 1 amide bonds. The maximum absolute atomic E-state index is 13.0. The average Bonchev–Trinajstić information content (AvgIpc) is 3.70. The van der Waals surface area contributed by atoms with Crippen molar-refractivity contribution in [3.63, 3.8) is 0 Å². The largest absolute Gasteiger partial charge is 0.493 e. The van der Waals surface area contributed by atoms with E-state index in [0.29, 0.717) is 72.3 Å². The van der Waals surface area contributed by atoms with Crippen LogP contribution in [0.25, 0.3) is 11.4 Å². The van der Waals surface area contributed by atoms with E-state index in [1.807, 2.05) is 66.1 Å². The third-order valence-corrected chi connectivity index (χ3v) is 9.82. The van der Waals surface area contributed by atoms with Gasteiger partial charge in [0.05, 0.1) is 49.2 Å². The molecule has 6 rings (SSSR count). The predicted octanol–water partition coefficient (Wildman–Crippen LogP) is 7.99. The summed E-state index contributed by atoms with van der Waals surface area (Å²) in [5.41, 5.74) is 2.86. The summed E-state index contributed by atoms with van der Waals surface area (Å²) in [5, 5.41) is 12.4. The Morgan fingerprint density at radius 1 is 0.817 bits per heavy atom. The molecule has 2 N–H and O–H groups in total. The number of ether oxygens (including phenoxy) is 6. The number of carboxylic acid groups (broad SMARTS) is 1. The number of nitrogens with one attached hydrogen (secondary N) is 1. The predicted molar refractivity (Wildman–Crippen MR) is 238 cm³/mol. The molecule has 0 saturated carbocycles. The van der Waals surface area contributed by atoms with Gasteiger partial charge in [-0.3, -0.25) is 13.9 Å². The molecule has 0 bridgehead atoms. The summed E-state index contributed by atoms with van der Waals surface area (Å²) in [6.45, 7) is 20.4. The van der Waals surface area contributed by atoms with Crippen LogP contribution in [-0.2, 0) is 13.2 Å². The molecule has 20 heteroatoms. The number of carbonyl (C=O) groups is 2. The van der Waals surface area contributed by atoms with Crippen molar-refractivity contribution in [3.8, 4) is 45.9 Å². The molecule has 4 heterocycles. The zero-order valence-corrected chi connectivity index (χ0v) is 44.7. The van der Waals surface area contributed by atoms with Gasteiger partial charge in [-0.1, -0.05) is 0 Å². The Morgan fingerprint density at radius 3 is 1.50 bits per heavy atom. The second-order valence-electron chi connectivity index (χ2n) is 15.7. The van der Waals surface area contributed by atoms with E-state index in [0.717, 1.165) is 5.69 Å². The minimum absolute atomic E-state index is 0. The zero-order chi connectivity index (χ0) is 44.7. The zero-order valence-electron chi connectivity index (χ0n) is 37.6. The number of fused-ring (bicyclic) bond motifs is 6. The monoisotopic (exact) mass is 1210 g/mol. The quantitative estimate of drug-likeness (QED) is 0.164. The van der Waals surface area contributed by atoms with Crippen LogP contribution in [0.15, 0.2) is 33.7 Å². The summed E-state index contributed by atoms with van der Waals surface area (Å²) in [6.07, 6.45) is -0.0496. The standard InChI is InChI=1S/C20H26BrN3O4.C15H15BrN2O5.C5H13N.BH.ClH.U/c1-11(2)28-16-8-12-14(9-15(16)26-7)27-10-13-17(22-19(21)24(12)13)18(25)23(6)20(3,4)5;1-7(2)23-12-4-8-10(5-11(12)21-3)22-6-9-13(14(19)20)17-15(16)18(8)9;1-5(2,3)6-4;;;/h8-9,11H,10H2,1-7H3;4-5,7H,6H2,1-3H3,(H,19,20);6H,1-4H3;2*1H;/i;;;1T;;. The molecule has 0 spiro atoms. The van der Waals surface area contributed by atoms with E-state index in [1.165, 1.54) is 0 Å². The normalized spacial score (nSPS) is 12.1. The first-order valence-electron chi connectivity index (χ1n) is 18.9. The Bertz CT molecular complexity index is 2130. The number of halogens is 3. The van der Waals surface area contributed by atoms with Crippen molar-refractivity contribution >= 4 is 64.5 Å². The molecular formula is C40H56BBr2ClN6O9U. The van der Waals surface area contributed by atoms with Crippen LogP contribution in [0, 0.1) is 31.1 Å². The average molecular weight is 1210 g/mol. The Morgan fingerprint density at radius 2 is 1.18 bits per heavy atom. The fourth-order valence-corrected chi connectivity index (χ4v) is 6.52. The molecule has 60 heavy (non-hydrogen) atoms. The molecule has 0 saturated heterocycles. The number of nitrogens with zero attached hydrogens (tertiary/aromatic N) is 5. The van der Waals surface area contributed by atoms with Crippen LogP contribution >= 0.6 is 44.3 Å². The Labute approximate surface area is 402 Å². The first-order chi connectivity index (χ1) is 27.5. The van der Waals surface area contributed by atoms with Crippen molar-refractivity contribution in [2.75, 3.05) is 28.3 Å². The van der Waals surface area contributed by atoms with Crippen molar-refractivity contribution in [2.45, 2.75) is 106 Å². The maximum Gasteiger partial charge on any atom is 0.356 e. The van der Waals surface area contributed by atoms with Gasteiger partial charge in [0.1, 0.15) is 24.7 Å². The van der Waals surface area contributed by atoms with Gasteiger partial charge in [-0.2, -0.15) is 0 Å². The number of rotatable bonds is 8. The van der Waals surface area contributed by atoms with Gasteiger partial charge in [0, 0.05) is 81.9 Å². The molecule has 0 aliphatic carbocycles. The van der Waals surface area contributed by atoms with Crippen LogP contribution in [0.3, 0.4) is 0 Å². The molecule has 0 unspecified atom stereocenters. The summed E-state index contributed by atoms with van der Waals surface area (Å²) in [5.74, 6) is 2.26. The first-order valence-corrected chi connectivity index (χ1v) is 19.9. The number of aromatic carboxylic acids is 1. The van der Waals surface area contributed by atoms with Gasteiger partial charge in [0.2, 0.25) is 0 Å². The molecule has 328 valence electrons. The number of imidazole rings is 2. The molecule has 15 nitrogen and oxygen atoms in total. The van der Waals surface area contributed by atoms with E-state index in [-0.39, 0.29) is 86.1 Å². The second kappa shape index (κ2) is 22.3. The van der Waals surface area contributed by atoms with Gasteiger partial charge >= 0.3 is 5.97 Å². The van der Waals surface area contributed by atoms with E-state index in [1.54, 1.807) is 48.9 Å². The topological polar surface area (TPSA) is 161 Å². The number of hydrogen-bond donors (Lipinski definition) is 2. The number of carbonyl (C=O) groups excluding carboxylic acids is 1. The molecule has 2 aliphatic rings. The van der Waals surface area contributed by atoms with Crippen LogP contribution < -0.4 is 33.7 Å². The Hall–Kier alpha value is -3.07. The Kier molecular flexibility index (Phi) is 19.7. The maximum atomic E-state index is 13.0. The third-order valence-electron chi connectivity index (χ3n) is 8.76. The van der Waals surface area contributed by atoms with Gasteiger partial charge in [-0.15, -0.1) is 12.4 Å². The molecule has 2 aromatic heterocycles. The van der Waals surface area contributed by atoms with E-state index >= 15 is 0 Å². The van der Waals surface area contributed by atoms with Gasteiger partial charge in [0.25, 0.3) is 5.91 Å². The van der Waals surface area contributed by atoms with Crippen LogP contribution in [0.2, 0.25) is 0 Å². The summed E-state index contributed by atoms with van der Waals surface area (Å²) >= 11 is 6.82. The van der Waals surface area contributed by atoms with Crippen molar-refractivity contribution in [1.82, 2.24) is 29.3 Å². The van der Waals surface area contributed by atoms with Gasteiger partial charge < -0.3 is 43.7 Å². The molecule has 0 atom stereocenters. The minimum atomic E-state index is -1.10. The molecule has 2 aliphatic heterocycles. The van der Waals surface area contributed by atoms with E-state index in [2.05, 4.69) is 76.3 Å². The SMILES string of the molecule is CNC(C)(C)C.COc1cc2c(cc1OC(C)C)-n1c(Br)nc(C(=O)N(C)C(C)(C)C)c1CO2.COc1cc2c(cc1OC(C)C)-n1c(Br)nc(C(=O)O)c1CO2.Cl.[3H][B].[U]. The minimum Gasteiger partial charge on any atom is -0.493 e. The first kappa shape index (κ1) is 53.1. The van der Waals surface area contributed by atoms with Crippen molar-refractivity contribution in [1.29, 1.82) is 1.34 Å². The summed E-state index contributed by atoms with van der Waals surface area (Å²) in [6, 6.07) is 7.13. The van der Waals surface area contributed by atoms with E-state index in [4.69, 9.17) is 29.8 Å². The molecule has 2 aromatic carbocycles. The van der Waals surface area contributed by atoms with E-state index < -0.39 is 5.97 Å². The number of carboxylic acids is 1. The molecule has 0 fully saturated rings. The third kappa shape index (κ3) is 12.8. The van der Waals surface area contributed by atoms with Crippen LogP contribution in [0.4, 0.5) is 0 Å². The van der Waals surface area contributed by atoms with Crippen LogP contribution in [0.1, 0.15) is 102 Å². The molecule has 2 radical (unpaired) electrons. The molecular weight excluding hydrogens is 1150 g/mol. The van der Waals surface area contributed by atoms with Crippen molar-refractivity contribution < 1.29 is 74.2 Å². The van der Waals surface area contributed by atoms with Crippen LogP contribution in [-0.4, -0.2) is 102 Å². The fourth-order valence-electron chi connectivity index (χ4n) is 5.35. The number of methoxy groups -OCH3 is 2. The van der Waals surface area contributed by atoms with Crippen molar-refractivity contribution in [3.05, 3.63) is 56.5 Å². The summed E-state index contributed by atoms with van der Waals surface area (Å²) in [7, 11) is 10.6. The summed E-state index contributed by atoms with van der Waals surface area (Å²) in [4.78, 5) is 34.6. The smallest absolute Gasteiger partial charge is 0.356 e. The number of benzene rings is 2. The summed E-state index contributed by atoms with van der Waals surface area (Å²) < 4.78 is 43.8. The number of hydrogen-bond acceptors (Lipinski definition) is 11. The van der Waals surface area contributed by atoms with Gasteiger partial charge in [-0.05, 0) is 109 Å². The Balaban J connectivity index is 0.000000511. The van der Waals surface area contributed by atoms with Crippen molar-refractivity contribution in [2.24, 2.45) is 0 Å². The second-order valence-corrected chi connectivity index (χ2v) is 17.1. The number of amides is 1. The van der Waals surface area contributed by atoms with E-state index in [9.17, 15) is 14.7 Å². The van der Waals surface area contributed by atoms with Gasteiger partial charge in [0.15, 0.2) is 43.9 Å². The number of aromatic nitrogens is 4. The fraction of sp³-hybridized carbons (Fsp3) is 0.500. The van der Waals surface area contributed by atoms with Crippen LogP contribution in [0.5, 0.6) is 34.5 Å². The molecule has 4 aromatic rings.